The van der Waals surface area contributed by atoms with Gasteiger partial charge in [0.25, 0.3) is 0 Å². The minimum absolute atomic E-state index is 0.0247. The number of rotatable bonds is 6. The predicted molar refractivity (Wildman–Crippen MR) is 101 cm³/mol. The minimum Gasteiger partial charge on any atom is -0.477 e. The van der Waals surface area contributed by atoms with E-state index in [2.05, 4.69) is 4.98 Å². The third kappa shape index (κ3) is 3.72. The van der Waals surface area contributed by atoms with Crippen molar-refractivity contribution in [3.63, 3.8) is 0 Å². The molecule has 0 aliphatic carbocycles. The zero-order valence-electron chi connectivity index (χ0n) is 15.3. The molecule has 0 saturated carbocycles. The van der Waals surface area contributed by atoms with Gasteiger partial charge in [-0.1, -0.05) is 12.1 Å². The quantitative estimate of drug-likeness (QED) is 0.375. The van der Waals surface area contributed by atoms with Gasteiger partial charge in [0, 0.05) is 22.6 Å². The summed E-state index contributed by atoms with van der Waals surface area (Å²) in [4.78, 5) is 26.7. The summed E-state index contributed by atoms with van der Waals surface area (Å²) in [5.74, 6) is -0.681. The molecule has 0 N–H and O–H groups in total. The van der Waals surface area contributed by atoms with Crippen LogP contribution in [0.2, 0.25) is 0 Å². The third-order valence-corrected chi connectivity index (χ3v) is 4.27. The Hall–Kier alpha value is -3.48. The molecule has 0 fully saturated rings. The van der Waals surface area contributed by atoms with Crippen molar-refractivity contribution in [2.45, 2.75) is 20.8 Å². The van der Waals surface area contributed by atoms with E-state index in [4.69, 9.17) is 4.74 Å². The van der Waals surface area contributed by atoms with E-state index in [1.165, 1.54) is 18.3 Å². The fraction of sp³-hybridized carbons (Fsp3) is 0.200. The number of aromatic nitrogens is 2. The van der Waals surface area contributed by atoms with Crippen LogP contribution < -0.4 is 4.74 Å². The van der Waals surface area contributed by atoms with Crippen LogP contribution in [0.15, 0.2) is 48.7 Å². The number of benzene rings is 1. The number of hydrogen-bond acceptors (Lipinski definition) is 5. The molecule has 0 spiro atoms. The van der Waals surface area contributed by atoms with Crippen molar-refractivity contribution in [2.75, 3.05) is 6.61 Å². The number of Topliss-reactive ketones (excluding diaryl/α,β-unsaturated/α-hetero) is 1. The lowest BCUT2D eigenvalue weighted by molar-refractivity contribution is -0.390. The number of carbonyl (C=O) groups is 1. The zero-order valence-corrected chi connectivity index (χ0v) is 15.3. The average Bonchev–Trinajstić information content (AvgIpc) is 2.94. The molecule has 0 unspecified atom stereocenters. The second-order valence-corrected chi connectivity index (χ2v) is 6.25. The van der Waals surface area contributed by atoms with Crippen molar-refractivity contribution in [1.82, 2.24) is 9.55 Å². The predicted octanol–water partition coefficient (Wildman–Crippen LogP) is 3.97. The van der Waals surface area contributed by atoms with E-state index in [0.717, 1.165) is 22.6 Å². The SMILES string of the molecule is Cc1cccc(-n2c(C)cc(C(=O)COc3cccnc3[N+](=O)[O-])c2C)c1. The molecule has 3 aromatic rings. The number of carbonyl (C=O) groups excluding carboxylic acids is 1. The zero-order chi connectivity index (χ0) is 19.6. The van der Waals surface area contributed by atoms with Gasteiger partial charge in [-0.3, -0.25) is 4.79 Å². The van der Waals surface area contributed by atoms with Crippen molar-refractivity contribution in [3.8, 4) is 11.4 Å². The van der Waals surface area contributed by atoms with Crippen LogP contribution in [0.25, 0.3) is 5.69 Å². The Morgan fingerprint density at radius 2 is 1.96 bits per heavy atom. The van der Waals surface area contributed by atoms with Crippen LogP contribution >= 0.6 is 0 Å². The van der Waals surface area contributed by atoms with E-state index in [9.17, 15) is 14.9 Å². The van der Waals surface area contributed by atoms with Crippen LogP contribution in [0.1, 0.15) is 27.3 Å². The first-order valence-electron chi connectivity index (χ1n) is 8.40. The number of ether oxygens (including phenoxy) is 1. The van der Waals surface area contributed by atoms with Crippen LogP contribution in [0, 0.1) is 30.9 Å². The molecule has 138 valence electrons. The Morgan fingerprint density at radius 3 is 2.67 bits per heavy atom. The van der Waals surface area contributed by atoms with E-state index in [1.54, 1.807) is 6.07 Å². The smallest absolute Gasteiger partial charge is 0.406 e. The van der Waals surface area contributed by atoms with E-state index in [1.807, 2.05) is 49.6 Å². The molecular formula is C20H19N3O4. The normalized spacial score (nSPS) is 10.6. The van der Waals surface area contributed by atoms with Crippen LogP contribution in [0.5, 0.6) is 5.75 Å². The molecule has 1 aromatic carbocycles. The topological polar surface area (TPSA) is 87.3 Å². The number of aryl methyl sites for hydroxylation is 2. The molecule has 0 saturated heterocycles. The molecule has 0 radical (unpaired) electrons. The summed E-state index contributed by atoms with van der Waals surface area (Å²) in [5, 5.41) is 11.0. The molecule has 7 heteroatoms. The Balaban J connectivity index is 1.85. The summed E-state index contributed by atoms with van der Waals surface area (Å²) in [5.41, 5.74) is 4.36. The summed E-state index contributed by atoms with van der Waals surface area (Å²) < 4.78 is 7.39. The van der Waals surface area contributed by atoms with Gasteiger partial charge in [0.05, 0.1) is 0 Å². The van der Waals surface area contributed by atoms with E-state index >= 15 is 0 Å². The van der Waals surface area contributed by atoms with Gasteiger partial charge in [0.15, 0.2) is 6.61 Å². The third-order valence-electron chi connectivity index (χ3n) is 4.27. The molecule has 0 aliphatic rings. The molecule has 2 heterocycles. The van der Waals surface area contributed by atoms with Crippen molar-refractivity contribution in [1.29, 1.82) is 0 Å². The highest BCUT2D eigenvalue weighted by Gasteiger charge is 2.20. The Morgan fingerprint density at radius 1 is 1.19 bits per heavy atom. The highest BCUT2D eigenvalue weighted by Crippen LogP contribution is 2.25. The molecule has 27 heavy (non-hydrogen) atoms. The number of nitro groups is 1. The van der Waals surface area contributed by atoms with Crippen LogP contribution in [0.4, 0.5) is 5.82 Å². The summed E-state index contributed by atoms with van der Waals surface area (Å²) >= 11 is 0. The molecule has 0 bridgehead atoms. The van der Waals surface area contributed by atoms with E-state index in [0.29, 0.717) is 5.56 Å². The summed E-state index contributed by atoms with van der Waals surface area (Å²) in [6.07, 6.45) is 1.31. The van der Waals surface area contributed by atoms with Crippen LogP contribution in [0.3, 0.4) is 0 Å². The monoisotopic (exact) mass is 365 g/mol. The van der Waals surface area contributed by atoms with Gasteiger partial charge in [-0.25, -0.2) is 0 Å². The lowest BCUT2D eigenvalue weighted by Crippen LogP contribution is -2.13. The number of pyridine rings is 1. The highest BCUT2D eigenvalue weighted by molar-refractivity contribution is 5.98. The Labute approximate surface area is 156 Å². The van der Waals surface area contributed by atoms with Gasteiger partial charge in [-0.2, -0.15) is 0 Å². The minimum atomic E-state index is -0.635. The van der Waals surface area contributed by atoms with Crippen molar-refractivity contribution < 1.29 is 14.5 Å². The summed E-state index contributed by atoms with van der Waals surface area (Å²) in [6, 6.07) is 12.8. The molecule has 3 rings (SSSR count). The lowest BCUT2D eigenvalue weighted by atomic mass is 10.1. The van der Waals surface area contributed by atoms with Gasteiger partial charge in [-0.05, 0) is 66.6 Å². The fourth-order valence-electron chi connectivity index (χ4n) is 3.06. The summed E-state index contributed by atoms with van der Waals surface area (Å²) in [7, 11) is 0. The Bertz CT molecular complexity index is 1020. The van der Waals surface area contributed by atoms with Gasteiger partial charge >= 0.3 is 5.82 Å². The molecule has 0 aliphatic heterocycles. The first-order chi connectivity index (χ1) is 12.9. The van der Waals surface area contributed by atoms with E-state index in [-0.39, 0.29) is 18.1 Å². The van der Waals surface area contributed by atoms with Crippen molar-refractivity contribution in [2.24, 2.45) is 0 Å². The summed E-state index contributed by atoms with van der Waals surface area (Å²) in [6.45, 7) is 5.51. The molecule has 2 aromatic heterocycles. The average molecular weight is 365 g/mol. The van der Waals surface area contributed by atoms with Crippen LogP contribution in [-0.4, -0.2) is 26.9 Å². The van der Waals surface area contributed by atoms with Gasteiger partial charge in [0.1, 0.15) is 6.20 Å². The van der Waals surface area contributed by atoms with Gasteiger partial charge in [0.2, 0.25) is 11.5 Å². The standard InChI is InChI=1S/C20H19N3O4/c1-13-6-4-7-16(10-13)22-14(2)11-17(15(22)3)18(24)12-27-19-8-5-9-21-20(19)23(25)26/h4-11H,12H2,1-3H3. The molecule has 7 nitrogen and oxygen atoms in total. The second kappa shape index (κ2) is 7.41. The van der Waals surface area contributed by atoms with Gasteiger partial charge in [-0.15, -0.1) is 0 Å². The molecular weight excluding hydrogens is 346 g/mol. The lowest BCUT2D eigenvalue weighted by Gasteiger charge is -2.11. The largest absolute Gasteiger partial charge is 0.477 e. The first kappa shape index (κ1) is 18.3. The van der Waals surface area contributed by atoms with Crippen LogP contribution in [-0.2, 0) is 0 Å². The molecule has 0 amide bonds. The van der Waals surface area contributed by atoms with Crippen molar-refractivity contribution >= 4 is 11.6 Å². The maximum Gasteiger partial charge on any atom is 0.406 e. The second-order valence-electron chi connectivity index (χ2n) is 6.25. The number of hydrogen-bond donors (Lipinski definition) is 0. The van der Waals surface area contributed by atoms with Gasteiger partial charge < -0.3 is 19.4 Å². The number of ketones is 1. The Kier molecular flexibility index (Phi) is 5.03. The van der Waals surface area contributed by atoms with E-state index < -0.39 is 10.7 Å². The maximum absolute atomic E-state index is 12.7. The molecule has 0 atom stereocenters. The first-order valence-corrected chi connectivity index (χ1v) is 8.40. The number of nitrogens with zero attached hydrogens (tertiary/aromatic N) is 3. The highest BCUT2D eigenvalue weighted by atomic mass is 16.6. The fourth-order valence-corrected chi connectivity index (χ4v) is 3.06. The van der Waals surface area contributed by atoms with Crippen molar-refractivity contribution in [3.05, 3.63) is 81.3 Å². The maximum atomic E-state index is 12.7.